The summed E-state index contributed by atoms with van der Waals surface area (Å²) in [6.45, 7) is 2.69. The first-order valence-electron chi connectivity index (χ1n) is 8.49. The third-order valence-electron chi connectivity index (χ3n) is 4.14. The minimum Gasteiger partial charge on any atom is -0.420 e. The van der Waals surface area contributed by atoms with Crippen LogP contribution in [-0.4, -0.2) is 28.2 Å². The van der Waals surface area contributed by atoms with Crippen molar-refractivity contribution in [2.75, 3.05) is 0 Å². The van der Waals surface area contributed by atoms with E-state index in [0.29, 0.717) is 29.6 Å². The van der Waals surface area contributed by atoms with Crippen molar-refractivity contribution in [3.8, 4) is 11.5 Å². The number of nitrogens with zero attached hydrogens (tertiary/aromatic N) is 4. The Morgan fingerprint density at radius 1 is 1.14 bits per heavy atom. The van der Waals surface area contributed by atoms with Gasteiger partial charge >= 0.3 is 0 Å². The quantitative estimate of drug-likeness (QED) is 0.481. The summed E-state index contributed by atoms with van der Waals surface area (Å²) in [6.07, 6.45) is 0. The maximum atomic E-state index is 11.6. The van der Waals surface area contributed by atoms with E-state index in [4.69, 9.17) is 9.56 Å². The zero-order valence-electron chi connectivity index (χ0n) is 14.9. The molecular weight excluding hydrogens is 398 g/mol. The second-order valence-corrected chi connectivity index (χ2v) is 8.49. The first-order chi connectivity index (χ1) is 13.5. The van der Waals surface area contributed by atoms with Crippen LogP contribution in [0.15, 0.2) is 63.0 Å². The average molecular weight is 416 g/mol. The molecule has 0 spiro atoms. The molecule has 0 atom stereocenters. The first kappa shape index (κ1) is 18.7. The summed E-state index contributed by atoms with van der Waals surface area (Å²) in [5, 5.41) is 14.1. The summed E-state index contributed by atoms with van der Waals surface area (Å²) in [7, 11) is -3.77. The van der Waals surface area contributed by atoms with Crippen LogP contribution in [-0.2, 0) is 22.3 Å². The fourth-order valence-electron chi connectivity index (χ4n) is 2.82. The SMILES string of the molecule is CCn1c(SCc2nnc(-c3ccccc3)o2)nc2cc(S(N)(=O)=O)ccc21. The van der Waals surface area contributed by atoms with Gasteiger partial charge in [-0.25, -0.2) is 18.5 Å². The van der Waals surface area contributed by atoms with Gasteiger partial charge in [-0.05, 0) is 37.3 Å². The molecule has 2 aromatic heterocycles. The van der Waals surface area contributed by atoms with Crippen LogP contribution in [0.25, 0.3) is 22.5 Å². The fourth-order valence-corrected chi connectivity index (χ4v) is 4.26. The molecule has 0 amide bonds. The summed E-state index contributed by atoms with van der Waals surface area (Å²) < 4.78 is 30.9. The molecule has 0 aliphatic carbocycles. The second-order valence-electron chi connectivity index (χ2n) is 5.99. The van der Waals surface area contributed by atoms with Gasteiger partial charge < -0.3 is 8.98 Å². The number of primary sulfonamides is 1. The predicted molar refractivity (Wildman–Crippen MR) is 106 cm³/mol. The van der Waals surface area contributed by atoms with Gasteiger partial charge in [-0.2, -0.15) is 0 Å². The van der Waals surface area contributed by atoms with Crippen LogP contribution in [0.3, 0.4) is 0 Å². The molecule has 2 heterocycles. The van der Waals surface area contributed by atoms with E-state index in [1.165, 1.54) is 23.9 Å². The molecule has 28 heavy (non-hydrogen) atoms. The highest BCUT2D eigenvalue weighted by atomic mass is 32.2. The predicted octanol–water partition coefficient (Wildman–Crippen LogP) is 3.05. The summed E-state index contributed by atoms with van der Waals surface area (Å²) in [6, 6.07) is 14.3. The molecule has 8 nitrogen and oxygen atoms in total. The molecule has 0 aliphatic rings. The monoisotopic (exact) mass is 415 g/mol. The van der Waals surface area contributed by atoms with Crippen LogP contribution in [0.5, 0.6) is 0 Å². The third kappa shape index (κ3) is 3.66. The Balaban J connectivity index is 1.59. The standard InChI is InChI=1S/C18H17N5O3S2/c1-2-23-15-9-8-13(28(19,24)25)10-14(15)20-18(23)27-11-16-21-22-17(26-16)12-6-4-3-5-7-12/h3-10H,2,11H2,1H3,(H2,19,24,25). The summed E-state index contributed by atoms with van der Waals surface area (Å²) in [5.41, 5.74) is 2.28. The Morgan fingerprint density at radius 2 is 1.93 bits per heavy atom. The lowest BCUT2D eigenvalue weighted by atomic mass is 10.2. The van der Waals surface area contributed by atoms with Gasteiger partial charge in [0, 0.05) is 12.1 Å². The highest BCUT2D eigenvalue weighted by Crippen LogP contribution is 2.28. The molecule has 4 rings (SSSR count). The van der Waals surface area contributed by atoms with Crippen LogP contribution in [0.4, 0.5) is 0 Å². The largest absolute Gasteiger partial charge is 0.420 e. The van der Waals surface area contributed by atoms with Gasteiger partial charge in [-0.15, -0.1) is 10.2 Å². The van der Waals surface area contributed by atoms with E-state index >= 15 is 0 Å². The summed E-state index contributed by atoms with van der Waals surface area (Å²) >= 11 is 1.45. The Hall–Kier alpha value is -2.69. The third-order valence-corrected chi connectivity index (χ3v) is 6.01. The van der Waals surface area contributed by atoms with Crippen molar-refractivity contribution < 1.29 is 12.8 Å². The van der Waals surface area contributed by atoms with Crippen molar-refractivity contribution >= 4 is 32.8 Å². The molecule has 10 heteroatoms. The van der Waals surface area contributed by atoms with Gasteiger partial charge in [0.15, 0.2) is 5.16 Å². The van der Waals surface area contributed by atoms with Gasteiger partial charge in [-0.1, -0.05) is 30.0 Å². The number of fused-ring (bicyclic) bond motifs is 1. The second kappa shape index (κ2) is 7.38. The Bertz CT molecular complexity index is 1230. The van der Waals surface area contributed by atoms with Crippen LogP contribution in [0.2, 0.25) is 0 Å². The van der Waals surface area contributed by atoms with Crippen LogP contribution in [0.1, 0.15) is 12.8 Å². The highest BCUT2D eigenvalue weighted by Gasteiger charge is 2.16. The minimum absolute atomic E-state index is 0.0432. The lowest BCUT2D eigenvalue weighted by molar-refractivity contribution is 0.528. The van der Waals surface area contributed by atoms with Crippen molar-refractivity contribution in [2.45, 2.75) is 29.3 Å². The minimum atomic E-state index is -3.77. The topological polar surface area (TPSA) is 117 Å². The molecular formula is C18H17N5O3S2. The number of aromatic nitrogens is 4. The number of hydrogen-bond donors (Lipinski definition) is 1. The number of hydrogen-bond acceptors (Lipinski definition) is 7. The van der Waals surface area contributed by atoms with E-state index < -0.39 is 10.0 Å². The van der Waals surface area contributed by atoms with E-state index in [2.05, 4.69) is 15.2 Å². The van der Waals surface area contributed by atoms with Crippen molar-refractivity contribution in [3.63, 3.8) is 0 Å². The highest BCUT2D eigenvalue weighted by molar-refractivity contribution is 7.98. The van der Waals surface area contributed by atoms with Crippen LogP contribution < -0.4 is 5.14 Å². The molecule has 4 aromatic rings. The number of benzene rings is 2. The van der Waals surface area contributed by atoms with Gasteiger partial charge in [0.1, 0.15) is 0 Å². The van der Waals surface area contributed by atoms with E-state index in [1.54, 1.807) is 6.07 Å². The van der Waals surface area contributed by atoms with Gasteiger partial charge in [0.25, 0.3) is 0 Å². The molecule has 0 bridgehead atoms. The average Bonchev–Trinajstić information content (AvgIpc) is 3.30. The lowest BCUT2D eigenvalue weighted by Gasteiger charge is -2.04. The van der Waals surface area contributed by atoms with Crippen molar-refractivity contribution in [2.24, 2.45) is 5.14 Å². The van der Waals surface area contributed by atoms with Crippen molar-refractivity contribution in [3.05, 3.63) is 54.4 Å². The van der Waals surface area contributed by atoms with E-state index in [0.717, 1.165) is 16.2 Å². The maximum absolute atomic E-state index is 11.6. The number of aryl methyl sites for hydroxylation is 1. The number of rotatable bonds is 6. The Labute approximate surface area is 165 Å². The maximum Gasteiger partial charge on any atom is 0.247 e. The first-order valence-corrected chi connectivity index (χ1v) is 11.0. The summed E-state index contributed by atoms with van der Waals surface area (Å²) in [5.74, 6) is 1.41. The molecule has 144 valence electrons. The van der Waals surface area contributed by atoms with Gasteiger partial charge in [0.05, 0.1) is 21.7 Å². The zero-order valence-corrected chi connectivity index (χ0v) is 16.6. The molecule has 0 aliphatic heterocycles. The molecule has 0 saturated carbocycles. The van der Waals surface area contributed by atoms with E-state index in [-0.39, 0.29) is 4.90 Å². The Morgan fingerprint density at radius 3 is 2.64 bits per heavy atom. The normalized spacial score (nSPS) is 11.9. The molecule has 0 saturated heterocycles. The zero-order chi connectivity index (χ0) is 19.7. The number of imidazole rings is 1. The molecule has 0 radical (unpaired) electrons. The molecule has 0 unspecified atom stereocenters. The van der Waals surface area contributed by atoms with E-state index in [1.807, 2.05) is 41.8 Å². The number of nitrogens with two attached hydrogens (primary N) is 1. The van der Waals surface area contributed by atoms with E-state index in [9.17, 15) is 8.42 Å². The number of sulfonamides is 1. The molecule has 2 N–H and O–H groups in total. The van der Waals surface area contributed by atoms with Crippen LogP contribution >= 0.6 is 11.8 Å². The van der Waals surface area contributed by atoms with Gasteiger partial charge in [0.2, 0.25) is 21.8 Å². The molecule has 0 fully saturated rings. The van der Waals surface area contributed by atoms with Gasteiger partial charge in [-0.3, -0.25) is 0 Å². The fraction of sp³-hybridized carbons (Fsp3) is 0.167. The summed E-state index contributed by atoms with van der Waals surface area (Å²) in [4.78, 5) is 4.60. The van der Waals surface area contributed by atoms with Crippen LogP contribution in [0, 0.1) is 0 Å². The number of thioether (sulfide) groups is 1. The smallest absolute Gasteiger partial charge is 0.247 e. The van der Waals surface area contributed by atoms with Crippen molar-refractivity contribution in [1.29, 1.82) is 0 Å². The lowest BCUT2D eigenvalue weighted by Crippen LogP contribution is -2.11. The Kier molecular flexibility index (Phi) is 4.92. The van der Waals surface area contributed by atoms with Crippen molar-refractivity contribution in [1.82, 2.24) is 19.7 Å². The molecule has 2 aromatic carbocycles.